The number of benzene rings is 2. The van der Waals surface area contributed by atoms with Crippen molar-refractivity contribution in [2.45, 2.75) is 6.92 Å². The maximum Gasteiger partial charge on any atom is 0.262 e. The van der Waals surface area contributed by atoms with E-state index in [0.29, 0.717) is 17.0 Å². The number of carbonyl (C=O) groups excluding carboxylic acids is 1. The van der Waals surface area contributed by atoms with Gasteiger partial charge in [0.05, 0.1) is 0 Å². The minimum Gasteiger partial charge on any atom is -0.483 e. The van der Waals surface area contributed by atoms with Gasteiger partial charge in [-0.05, 0) is 55.0 Å². The van der Waals surface area contributed by atoms with Crippen LogP contribution in [-0.2, 0) is 4.79 Å². The smallest absolute Gasteiger partial charge is 0.262 e. The Kier molecular flexibility index (Phi) is 4.30. The van der Waals surface area contributed by atoms with Crippen molar-refractivity contribution in [2.75, 3.05) is 11.9 Å². The largest absolute Gasteiger partial charge is 0.483 e. The molecule has 0 aliphatic rings. The molecule has 0 radical (unpaired) electrons. The summed E-state index contributed by atoms with van der Waals surface area (Å²) in [7, 11) is 0. The lowest BCUT2D eigenvalue weighted by Crippen LogP contribution is -2.20. The van der Waals surface area contributed by atoms with Gasteiger partial charge in [0.2, 0.25) is 0 Å². The molecule has 5 heteroatoms. The van der Waals surface area contributed by atoms with Crippen LogP contribution in [0.3, 0.4) is 0 Å². The summed E-state index contributed by atoms with van der Waals surface area (Å²) in [5.74, 6) is -0.659. The minimum atomic E-state index is -0.375. The number of carbonyl (C=O) groups is 1. The third-order valence-corrected chi connectivity index (χ3v) is 2.62. The number of amides is 1. The van der Waals surface area contributed by atoms with Crippen LogP contribution in [0.1, 0.15) is 5.56 Å². The van der Waals surface area contributed by atoms with Crippen LogP contribution in [0.4, 0.5) is 14.5 Å². The van der Waals surface area contributed by atoms with E-state index in [1.165, 1.54) is 42.5 Å². The van der Waals surface area contributed by atoms with Crippen molar-refractivity contribution in [2.24, 2.45) is 0 Å². The fourth-order valence-corrected chi connectivity index (χ4v) is 1.65. The molecule has 0 bridgehead atoms. The normalized spacial score (nSPS) is 10.2. The van der Waals surface area contributed by atoms with Gasteiger partial charge in [-0.15, -0.1) is 0 Å². The van der Waals surface area contributed by atoms with E-state index in [2.05, 4.69) is 5.32 Å². The topological polar surface area (TPSA) is 38.3 Å². The van der Waals surface area contributed by atoms with Crippen LogP contribution in [0.15, 0.2) is 42.5 Å². The quantitative estimate of drug-likeness (QED) is 0.931. The maximum atomic E-state index is 12.9. The fraction of sp³-hybridized carbons (Fsp3) is 0.133. The molecular weight excluding hydrogens is 264 g/mol. The van der Waals surface area contributed by atoms with Gasteiger partial charge in [0.1, 0.15) is 17.4 Å². The van der Waals surface area contributed by atoms with Crippen LogP contribution < -0.4 is 10.1 Å². The van der Waals surface area contributed by atoms with E-state index in [4.69, 9.17) is 4.74 Å². The van der Waals surface area contributed by atoms with E-state index in [1.807, 2.05) is 0 Å². The Morgan fingerprint density at radius 1 is 1.10 bits per heavy atom. The lowest BCUT2D eigenvalue weighted by Gasteiger charge is -2.09. The first-order chi connectivity index (χ1) is 9.54. The van der Waals surface area contributed by atoms with E-state index >= 15 is 0 Å². The van der Waals surface area contributed by atoms with Crippen molar-refractivity contribution in [1.82, 2.24) is 0 Å². The highest BCUT2D eigenvalue weighted by molar-refractivity contribution is 5.91. The van der Waals surface area contributed by atoms with Crippen LogP contribution in [-0.4, -0.2) is 12.5 Å². The summed E-state index contributed by atoms with van der Waals surface area (Å²) < 4.78 is 30.9. The molecule has 0 atom stereocenters. The summed E-state index contributed by atoms with van der Waals surface area (Å²) in [6.07, 6.45) is 0. The van der Waals surface area contributed by atoms with Gasteiger partial charge in [0, 0.05) is 5.69 Å². The first-order valence-electron chi connectivity index (χ1n) is 5.99. The number of halogens is 2. The highest BCUT2D eigenvalue weighted by atomic mass is 19.1. The maximum absolute atomic E-state index is 12.9. The molecule has 0 heterocycles. The second-order valence-electron chi connectivity index (χ2n) is 4.25. The fourth-order valence-electron chi connectivity index (χ4n) is 1.65. The predicted octanol–water partition coefficient (Wildman–Crippen LogP) is 3.29. The summed E-state index contributed by atoms with van der Waals surface area (Å²) in [6, 6.07) is 9.47. The van der Waals surface area contributed by atoms with Crippen LogP contribution in [0.5, 0.6) is 5.75 Å². The Bertz CT molecular complexity index is 612. The zero-order chi connectivity index (χ0) is 14.5. The molecule has 20 heavy (non-hydrogen) atoms. The third kappa shape index (κ3) is 3.78. The molecule has 0 aliphatic heterocycles. The van der Waals surface area contributed by atoms with Crippen LogP contribution >= 0.6 is 0 Å². The number of hydrogen-bond donors (Lipinski definition) is 1. The number of hydrogen-bond acceptors (Lipinski definition) is 2. The van der Waals surface area contributed by atoms with Gasteiger partial charge in [0.15, 0.2) is 6.61 Å². The second kappa shape index (κ2) is 6.14. The number of anilines is 1. The number of rotatable bonds is 4. The molecule has 0 saturated heterocycles. The van der Waals surface area contributed by atoms with E-state index in [0.717, 1.165) is 0 Å². The highest BCUT2D eigenvalue weighted by Gasteiger charge is 2.06. The van der Waals surface area contributed by atoms with Gasteiger partial charge < -0.3 is 10.1 Å². The molecule has 0 aromatic heterocycles. The standard InChI is InChI=1S/C15H13F2NO2/c1-10-8-12(17)4-7-14(10)20-9-15(19)18-13-5-2-11(16)3-6-13/h2-8H,9H2,1H3,(H,18,19). The molecule has 3 nitrogen and oxygen atoms in total. The Hall–Kier alpha value is -2.43. The molecule has 0 fully saturated rings. The van der Waals surface area contributed by atoms with Crippen LogP contribution in [0, 0.1) is 18.6 Å². The Balaban J connectivity index is 1.90. The van der Waals surface area contributed by atoms with Crippen molar-refractivity contribution >= 4 is 11.6 Å². The monoisotopic (exact) mass is 277 g/mol. The van der Waals surface area contributed by atoms with Gasteiger partial charge in [-0.3, -0.25) is 4.79 Å². The third-order valence-electron chi connectivity index (χ3n) is 2.62. The predicted molar refractivity (Wildman–Crippen MR) is 71.7 cm³/mol. The van der Waals surface area contributed by atoms with Gasteiger partial charge in [0.25, 0.3) is 5.91 Å². The van der Waals surface area contributed by atoms with Gasteiger partial charge in [-0.1, -0.05) is 0 Å². The summed E-state index contributed by atoms with van der Waals surface area (Å²) in [5, 5.41) is 2.57. The minimum absolute atomic E-state index is 0.205. The van der Waals surface area contributed by atoms with Crippen LogP contribution in [0.25, 0.3) is 0 Å². The summed E-state index contributed by atoms with van der Waals surface area (Å²) >= 11 is 0. The molecule has 0 unspecified atom stereocenters. The van der Waals surface area contributed by atoms with E-state index in [1.54, 1.807) is 6.92 Å². The second-order valence-corrected chi connectivity index (χ2v) is 4.25. The molecule has 1 N–H and O–H groups in total. The van der Waals surface area contributed by atoms with Crippen molar-refractivity contribution in [1.29, 1.82) is 0 Å². The van der Waals surface area contributed by atoms with Crippen molar-refractivity contribution in [3.63, 3.8) is 0 Å². The molecule has 104 valence electrons. The Morgan fingerprint density at radius 2 is 1.75 bits per heavy atom. The lowest BCUT2D eigenvalue weighted by molar-refractivity contribution is -0.118. The first kappa shape index (κ1) is 14.0. The van der Waals surface area contributed by atoms with Crippen LogP contribution in [0.2, 0.25) is 0 Å². The van der Waals surface area contributed by atoms with Crippen molar-refractivity contribution in [3.8, 4) is 5.75 Å². The lowest BCUT2D eigenvalue weighted by atomic mass is 10.2. The van der Waals surface area contributed by atoms with Gasteiger partial charge in [-0.2, -0.15) is 0 Å². The molecular formula is C15H13F2NO2. The number of nitrogens with one attached hydrogen (secondary N) is 1. The highest BCUT2D eigenvalue weighted by Crippen LogP contribution is 2.18. The van der Waals surface area contributed by atoms with E-state index in [-0.39, 0.29) is 24.1 Å². The summed E-state index contributed by atoms with van der Waals surface area (Å²) in [6.45, 7) is 1.49. The molecule has 0 saturated carbocycles. The molecule has 2 aromatic rings. The molecule has 1 amide bonds. The molecule has 2 rings (SSSR count). The molecule has 0 spiro atoms. The SMILES string of the molecule is Cc1cc(F)ccc1OCC(=O)Nc1ccc(F)cc1. The summed E-state index contributed by atoms with van der Waals surface area (Å²) in [4.78, 5) is 11.6. The summed E-state index contributed by atoms with van der Waals surface area (Å²) in [5.41, 5.74) is 1.09. The van der Waals surface area contributed by atoms with E-state index < -0.39 is 0 Å². The molecule has 0 aliphatic carbocycles. The average Bonchev–Trinajstić information content (AvgIpc) is 2.40. The molecule has 2 aromatic carbocycles. The Morgan fingerprint density at radius 3 is 2.40 bits per heavy atom. The zero-order valence-corrected chi connectivity index (χ0v) is 10.8. The van der Waals surface area contributed by atoms with Crippen molar-refractivity contribution in [3.05, 3.63) is 59.7 Å². The number of aryl methyl sites for hydroxylation is 1. The van der Waals surface area contributed by atoms with Gasteiger partial charge in [-0.25, -0.2) is 8.78 Å². The van der Waals surface area contributed by atoms with Crippen molar-refractivity contribution < 1.29 is 18.3 Å². The van der Waals surface area contributed by atoms with E-state index in [9.17, 15) is 13.6 Å². The number of ether oxygens (including phenoxy) is 1. The average molecular weight is 277 g/mol. The van der Waals surface area contributed by atoms with Gasteiger partial charge >= 0.3 is 0 Å². The first-order valence-corrected chi connectivity index (χ1v) is 5.99. The Labute approximate surface area is 115 Å². The zero-order valence-electron chi connectivity index (χ0n) is 10.8.